The Morgan fingerprint density at radius 1 is 1.43 bits per heavy atom. The number of rotatable bonds is 5. The lowest BCUT2D eigenvalue weighted by atomic mass is 9.99. The Morgan fingerprint density at radius 3 is 2.74 bits per heavy atom. The summed E-state index contributed by atoms with van der Waals surface area (Å²) in [7, 11) is 1.32. The average Bonchev–Trinajstić information content (AvgIpc) is 2.51. The Kier molecular flexibility index (Phi) is 4.85. The third-order valence-corrected chi connectivity index (χ3v) is 3.66. The van der Waals surface area contributed by atoms with E-state index in [2.05, 4.69) is 10.3 Å². The average molecular weight is 320 g/mol. The summed E-state index contributed by atoms with van der Waals surface area (Å²) in [4.78, 5) is 16.2. The van der Waals surface area contributed by atoms with E-state index in [9.17, 15) is 14.3 Å². The van der Waals surface area contributed by atoms with Crippen LogP contribution in [0.25, 0.3) is 10.9 Å². The van der Waals surface area contributed by atoms with Crippen molar-refractivity contribution in [1.29, 1.82) is 0 Å². The first-order valence-electron chi connectivity index (χ1n) is 7.32. The lowest BCUT2D eigenvalue weighted by Gasteiger charge is -2.28. The molecule has 0 atom stereocenters. The number of carbonyl (C=O) groups excluding carboxylic acids is 1. The summed E-state index contributed by atoms with van der Waals surface area (Å²) < 4.78 is 18.4. The lowest BCUT2D eigenvalue weighted by molar-refractivity contribution is -0.139. The third-order valence-electron chi connectivity index (χ3n) is 3.66. The highest BCUT2D eigenvalue weighted by atomic mass is 19.1. The SMILES string of the molecule is COC(=O)Cc1c(C)nc2ccc(F)cc2c1NC(C)(C)CO. The summed E-state index contributed by atoms with van der Waals surface area (Å²) in [5.41, 5.74) is 1.87. The van der Waals surface area contributed by atoms with Gasteiger partial charge in [-0.3, -0.25) is 9.78 Å². The van der Waals surface area contributed by atoms with Gasteiger partial charge in [-0.1, -0.05) is 0 Å². The first-order valence-corrected chi connectivity index (χ1v) is 7.32. The van der Waals surface area contributed by atoms with Gasteiger partial charge in [0.25, 0.3) is 0 Å². The van der Waals surface area contributed by atoms with Gasteiger partial charge in [-0.25, -0.2) is 4.39 Å². The molecule has 2 aromatic rings. The number of halogens is 1. The van der Waals surface area contributed by atoms with Crippen molar-refractivity contribution in [2.45, 2.75) is 32.7 Å². The molecule has 0 amide bonds. The molecule has 1 aromatic heterocycles. The number of pyridine rings is 1. The number of aliphatic hydroxyl groups is 1. The molecule has 124 valence electrons. The van der Waals surface area contributed by atoms with E-state index in [1.54, 1.807) is 13.0 Å². The van der Waals surface area contributed by atoms with Gasteiger partial charge in [0.1, 0.15) is 5.82 Å². The van der Waals surface area contributed by atoms with E-state index >= 15 is 0 Å². The van der Waals surface area contributed by atoms with Crippen LogP contribution in [0, 0.1) is 12.7 Å². The number of carbonyl (C=O) groups is 1. The highest BCUT2D eigenvalue weighted by molar-refractivity contribution is 5.95. The van der Waals surface area contributed by atoms with Crippen LogP contribution in [0.1, 0.15) is 25.1 Å². The molecule has 5 nitrogen and oxygen atoms in total. The summed E-state index contributed by atoms with van der Waals surface area (Å²) in [6, 6.07) is 4.31. The molecule has 2 N–H and O–H groups in total. The fraction of sp³-hybridized carbons (Fsp3) is 0.412. The number of anilines is 1. The van der Waals surface area contributed by atoms with Crippen molar-refractivity contribution in [3.8, 4) is 0 Å². The predicted molar refractivity (Wildman–Crippen MR) is 86.9 cm³/mol. The predicted octanol–water partition coefficient (Wildman–Crippen LogP) is 2.58. The van der Waals surface area contributed by atoms with E-state index < -0.39 is 17.3 Å². The van der Waals surface area contributed by atoms with Crippen LogP contribution in [-0.2, 0) is 16.0 Å². The number of nitrogens with one attached hydrogen (secondary N) is 1. The van der Waals surface area contributed by atoms with Crippen LogP contribution in [0.15, 0.2) is 18.2 Å². The summed E-state index contributed by atoms with van der Waals surface area (Å²) in [6.45, 7) is 5.30. The number of hydrogen-bond acceptors (Lipinski definition) is 5. The van der Waals surface area contributed by atoms with Crippen LogP contribution >= 0.6 is 0 Å². The minimum Gasteiger partial charge on any atom is -0.469 e. The highest BCUT2D eigenvalue weighted by Crippen LogP contribution is 2.32. The fourth-order valence-corrected chi connectivity index (χ4v) is 2.35. The van der Waals surface area contributed by atoms with Crippen LogP contribution in [-0.4, -0.2) is 35.3 Å². The Morgan fingerprint density at radius 2 is 2.13 bits per heavy atom. The molecule has 1 aromatic carbocycles. The van der Waals surface area contributed by atoms with Gasteiger partial charge in [-0.2, -0.15) is 0 Å². The molecule has 0 aliphatic heterocycles. The number of nitrogens with zero attached hydrogens (tertiary/aromatic N) is 1. The zero-order chi connectivity index (χ0) is 17.2. The Bertz CT molecular complexity index is 744. The van der Waals surface area contributed by atoms with Gasteiger partial charge in [0, 0.05) is 22.3 Å². The van der Waals surface area contributed by atoms with Crippen LogP contribution in [0.3, 0.4) is 0 Å². The van der Waals surface area contributed by atoms with Crippen LogP contribution in [0.5, 0.6) is 0 Å². The molecule has 0 saturated heterocycles. The van der Waals surface area contributed by atoms with Crippen molar-refractivity contribution >= 4 is 22.6 Å². The fourth-order valence-electron chi connectivity index (χ4n) is 2.35. The van der Waals surface area contributed by atoms with Gasteiger partial charge in [0.2, 0.25) is 0 Å². The molecular formula is C17H21FN2O3. The monoisotopic (exact) mass is 320 g/mol. The van der Waals surface area contributed by atoms with Crippen molar-refractivity contribution in [1.82, 2.24) is 4.98 Å². The maximum Gasteiger partial charge on any atom is 0.310 e. The molecule has 0 bridgehead atoms. The van der Waals surface area contributed by atoms with E-state index in [4.69, 9.17) is 4.74 Å². The van der Waals surface area contributed by atoms with E-state index in [0.717, 1.165) is 0 Å². The van der Waals surface area contributed by atoms with Crippen molar-refractivity contribution in [3.63, 3.8) is 0 Å². The maximum atomic E-state index is 13.7. The van der Waals surface area contributed by atoms with Crippen molar-refractivity contribution in [3.05, 3.63) is 35.3 Å². The molecule has 6 heteroatoms. The summed E-state index contributed by atoms with van der Waals surface area (Å²) in [5, 5.41) is 13.3. The van der Waals surface area contributed by atoms with E-state index in [1.807, 2.05) is 13.8 Å². The van der Waals surface area contributed by atoms with Crippen LogP contribution in [0.2, 0.25) is 0 Å². The quantitative estimate of drug-likeness (QED) is 0.829. The first-order chi connectivity index (χ1) is 10.8. The molecule has 0 aliphatic carbocycles. The van der Waals surface area contributed by atoms with Crippen LogP contribution < -0.4 is 5.32 Å². The smallest absolute Gasteiger partial charge is 0.310 e. The van der Waals surface area contributed by atoms with Gasteiger partial charge in [-0.05, 0) is 39.0 Å². The largest absolute Gasteiger partial charge is 0.469 e. The Balaban J connectivity index is 2.70. The maximum absolute atomic E-state index is 13.7. The number of methoxy groups -OCH3 is 1. The molecule has 0 saturated carbocycles. The molecule has 23 heavy (non-hydrogen) atoms. The molecular weight excluding hydrogens is 299 g/mol. The van der Waals surface area contributed by atoms with Gasteiger partial charge in [0.05, 0.1) is 31.2 Å². The molecule has 0 unspecified atom stereocenters. The van der Waals surface area contributed by atoms with Crippen LogP contribution in [0.4, 0.5) is 10.1 Å². The van der Waals surface area contributed by atoms with Gasteiger partial charge in [-0.15, -0.1) is 0 Å². The number of aliphatic hydroxyl groups excluding tert-OH is 1. The number of benzene rings is 1. The Hall–Kier alpha value is -2.21. The standard InChI is InChI=1S/C17H21FN2O3/c1-10-12(8-15(22)23-4)16(20-17(2,3)9-21)13-7-11(18)5-6-14(13)19-10/h5-7,21H,8-9H2,1-4H3,(H,19,20). The summed E-state index contributed by atoms with van der Waals surface area (Å²) in [6.07, 6.45) is 0.0195. The van der Waals surface area contributed by atoms with Gasteiger partial charge < -0.3 is 15.2 Å². The van der Waals surface area contributed by atoms with Gasteiger partial charge >= 0.3 is 5.97 Å². The molecule has 0 radical (unpaired) electrons. The number of aromatic nitrogens is 1. The zero-order valence-electron chi connectivity index (χ0n) is 13.7. The minimum atomic E-state index is -0.641. The second kappa shape index (κ2) is 6.50. The first kappa shape index (κ1) is 17.1. The zero-order valence-corrected chi connectivity index (χ0v) is 13.7. The minimum absolute atomic E-state index is 0.0195. The lowest BCUT2D eigenvalue weighted by Crippen LogP contribution is -2.35. The number of ether oxygens (including phenoxy) is 1. The number of aryl methyl sites for hydroxylation is 1. The molecule has 0 aliphatic rings. The third kappa shape index (κ3) is 3.76. The van der Waals surface area contributed by atoms with Crippen molar-refractivity contribution in [2.24, 2.45) is 0 Å². The summed E-state index contributed by atoms with van der Waals surface area (Å²) in [5.74, 6) is -0.799. The molecule has 2 rings (SSSR count). The van der Waals surface area contributed by atoms with E-state index in [-0.39, 0.29) is 13.0 Å². The normalized spacial score (nSPS) is 11.6. The van der Waals surface area contributed by atoms with E-state index in [0.29, 0.717) is 27.8 Å². The van der Waals surface area contributed by atoms with Crippen molar-refractivity contribution in [2.75, 3.05) is 19.0 Å². The summed E-state index contributed by atoms with van der Waals surface area (Å²) >= 11 is 0. The number of hydrogen-bond donors (Lipinski definition) is 2. The van der Waals surface area contributed by atoms with E-state index in [1.165, 1.54) is 19.2 Å². The highest BCUT2D eigenvalue weighted by Gasteiger charge is 2.22. The second-order valence-electron chi connectivity index (χ2n) is 6.13. The molecule has 0 spiro atoms. The molecule has 0 fully saturated rings. The van der Waals surface area contributed by atoms with Gasteiger partial charge in [0.15, 0.2) is 0 Å². The Labute approximate surface area is 134 Å². The number of fused-ring (bicyclic) bond motifs is 1. The second-order valence-corrected chi connectivity index (χ2v) is 6.13. The van der Waals surface area contributed by atoms with Crippen molar-refractivity contribution < 1.29 is 19.0 Å². The topological polar surface area (TPSA) is 71.5 Å². The molecule has 1 heterocycles. The number of esters is 1.